The Bertz CT molecular complexity index is 1690. The number of amides is 1. The first kappa shape index (κ1) is 28.1. The number of aromatic nitrogens is 4. The number of hydrogen-bond acceptors (Lipinski definition) is 7. The third kappa shape index (κ3) is 6.39. The van der Waals surface area contributed by atoms with Crippen LogP contribution < -0.4 is 10.1 Å². The smallest absolute Gasteiger partial charge is 0.229 e. The number of rotatable bonds is 11. The topological polar surface area (TPSA) is 81.9 Å². The Morgan fingerprint density at radius 3 is 2.69 bits per heavy atom. The second-order valence-electron chi connectivity index (χ2n) is 10.3. The molecule has 2 unspecified atom stereocenters. The summed E-state index contributed by atoms with van der Waals surface area (Å²) in [4.78, 5) is 13.2. The molecule has 0 radical (unpaired) electrons. The van der Waals surface area contributed by atoms with Crippen LogP contribution in [0.2, 0.25) is 0 Å². The molecule has 1 amide bonds. The highest BCUT2D eigenvalue weighted by Crippen LogP contribution is 2.51. The number of benzene rings is 3. The van der Waals surface area contributed by atoms with Crippen LogP contribution in [0, 0.1) is 18.7 Å². The van der Waals surface area contributed by atoms with Crippen molar-refractivity contribution in [1.82, 2.24) is 20.0 Å². The first-order valence-electron chi connectivity index (χ1n) is 13.9. The molecule has 3 aromatic carbocycles. The van der Waals surface area contributed by atoms with Crippen molar-refractivity contribution in [1.29, 1.82) is 0 Å². The van der Waals surface area contributed by atoms with Gasteiger partial charge >= 0.3 is 0 Å². The maximum atomic E-state index is 13.2. The molecule has 0 aliphatic heterocycles. The van der Waals surface area contributed by atoms with Crippen molar-refractivity contribution < 1.29 is 13.9 Å². The van der Waals surface area contributed by atoms with Gasteiger partial charge in [-0.05, 0) is 73.4 Å². The molecule has 1 aliphatic carbocycles. The number of nitrogens with zero attached hydrogens (tertiary/aromatic N) is 4. The number of hydrogen-bond donors (Lipinski definition) is 1. The summed E-state index contributed by atoms with van der Waals surface area (Å²) in [7, 11) is 0. The minimum absolute atomic E-state index is 0.0500. The quantitative estimate of drug-likeness (QED) is 0.124. The summed E-state index contributed by atoms with van der Waals surface area (Å²) in [6.07, 6.45) is 3.74. The van der Waals surface area contributed by atoms with Crippen molar-refractivity contribution in [2.45, 2.75) is 42.7 Å². The molecule has 42 heavy (non-hydrogen) atoms. The highest BCUT2D eigenvalue weighted by molar-refractivity contribution is 8.00. The molecule has 10 heteroatoms. The van der Waals surface area contributed by atoms with E-state index in [4.69, 9.17) is 9.84 Å². The van der Waals surface area contributed by atoms with Crippen LogP contribution in [-0.2, 0) is 10.5 Å². The van der Waals surface area contributed by atoms with Crippen molar-refractivity contribution in [3.05, 3.63) is 102 Å². The average Bonchev–Trinajstić information content (AvgIpc) is 3.47. The van der Waals surface area contributed by atoms with Gasteiger partial charge in [0.1, 0.15) is 11.6 Å². The summed E-state index contributed by atoms with van der Waals surface area (Å²) >= 11 is 2.85. The van der Waals surface area contributed by atoms with Gasteiger partial charge in [-0.2, -0.15) is 5.10 Å². The van der Waals surface area contributed by atoms with Gasteiger partial charge < -0.3 is 10.1 Å². The van der Waals surface area contributed by atoms with Crippen molar-refractivity contribution in [2.24, 2.45) is 5.92 Å². The fraction of sp³-hybridized carbons (Fsp3) is 0.250. The van der Waals surface area contributed by atoms with Gasteiger partial charge in [-0.1, -0.05) is 60.4 Å². The molecule has 1 N–H and O–H groups in total. The van der Waals surface area contributed by atoms with E-state index in [2.05, 4.69) is 34.7 Å². The zero-order chi connectivity index (χ0) is 29.1. The highest BCUT2D eigenvalue weighted by atomic mass is 32.2. The summed E-state index contributed by atoms with van der Waals surface area (Å²) in [6, 6.07) is 22.5. The fourth-order valence-electron chi connectivity index (χ4n) is 4.84. The number of para-hydroxylation sites is 1. The molecule has 1 saturated carbocycles. The Labute approximate surface area is 252 Å². The second-order valence-corrected chi connectivity index (χ2v) is 12.5. The third-order valence-corrected chi connectivity index (χ3v) is 9.16. The number of thioether (sulfide) groups is 1. The molecule has 5 aromatic rings. The Hall–Kier alpha value is -4.02. The van der Waals surface area contributed by atoms with Gasteiger partial charge in [-0.25, -0.2) is 9.07 Å². The minimum atomic E-state index is -0.257. The first-order chi connectivity index (χ1) is 20.5. The zero-order valence-corrected chi connectivity index (χ0v) is 24.9. The van der Waals surface area contributed by atoms with Gasteiger partial charge in [0.05, 0.1) is 18.0 Å². The summed E-state index contributed by atoms with van der Waals surface area (Å²) in [5.41, 5.74) is 5.93. The van der Waals surface area contributed by atoms with Crippen LogP contribution in [0.3, 0.4) is 0 Å². The molecular formula is C32H30FN5O2S2. The molecule has 6 rings (SSSR count). The number of carbonyl (C=O) groups excluding carboxylic acids is 1. The predicted octanol–water partition coefficient (Wildman–Crippen LogP) is 7.66. The Kier molecular flexibility index (Phi) is 8.34. The van der Waals surface area contributed by atoms with Crippen LogP contribution in [0.5, 0.6) is 5.75 Å². The average molecular weight is 600 g/mol. The van der Waals surface area contributed by atoms with E-state index < -0.39 is 0 Å². The van der Waals surface area contributed by atoms with E-state index >= 15 is 0 Å². The van der Waals surface area contributed by atoms with Crippen LogP contribution >= 0.6 is 23.1 Å². The third-order valence-electron chi connectivity index (χ3n) is 7.11. The number of anilines is 1. The lowest BCUT2D eigenvalue weighted by molar-refractivity contribution is -0.117. The molecule has 2 aromatic heterocycles. The maximum Gasteiger partial charge on any atom is 0.229 e. The molecule has 2 atom stereocenters. The number of ether oxygens (including phenoxy) is 1. The van der Waals surface area contributed by atoms with E-state index in [0.717, 1.165) is 56.6 Å². The lowest BCUT2D eigenvalue weighted by atomic mass is 10.0. The van der Waals surface area contributed by atoms with E-state index in [9.17, 15) is 9.18 Å². The molecule has 7 nitrogen and oxygen atoms in total. The van der Waals surface area contributed by atoms with E-state index in [0.29, 0.717) is 17.5 Å². The van der Waals surface area contributed by atoms with Gasteiger partial charge in [0.2, 0.25) is 11.0 Å². The van der Waals surface area contributed by atoms with Gasteiger partial charge in [-0.15, -0.1) is 10.2 Å². The molecule has 0 bridgehead atoms. The van der Waals surface area contributed by atoms with Gasteiger partial charge in [0.15, 0.2) is 4.34 Å². The van der Waals surface area contributed by atoms with Crippen LogP contribution in [0.1, 0.15) is 42.4 Å². The first-order valence-corrected chi connectivity index (χ1v) is 15.7. The normalized spacial score (nSPS) is 15.9. The molecular weight excluding hydrogens is 570 g/mol. The number of aryl methyl sites for hydroxylation is 1. The van der Waals surface area contributed by atoms with Crippen LogP contribution in [0.25, 0.3) is 16.9 Å². The fourth-order valence-corrected chi connectivity index (χ4v) is 6.55. The molecule has 1 fully saturated rings. The van der Waals surface area contributed by atoms with Gasteiger partial charge in [-0.3, -0.25) is 4.79 Å². The lowest BCUT2D eigenvalue weighted by Gasteiger charge is -2.10. The molecule has 2 heterocycles. The van der Waals surface area contributed by atoms with Gasteiger partial charge in [0.25, 0.3) is 0 Å². The number of nitrogens with one attached hydrogen (secondary N) is 1. The van der Waals surface area contributed by atoms with Crippen molar-refractivity contribution >= 4 is 34.1 Å². The zero-order valence-electron chi connectivity index (χ0n) is 23.3. The predicted molar refractivity (Wildman–Crippen MR) is 165 cm³/mol. The minimum Gasteiger partial charge on any atom is -0.493 e. The highest BCUT2D eigenvalue weighted by Gasteiger charge is 2.46. The lowest BCUT2D eigenvalue weighted by Crippen LogP contribution is -2.14. The van der Waals surface area contributed by atoms with E-state index in [-0.39, 0.29) is 23.6 Å². The van der Waals surface area contributed by atoms with Gasteiger partial charge in [0, 0.05) is 34.9 Å². The van der Waals surface area contributed by atoms with E-state index in [1.807, 2.05) is 54.1 Å². The number of halogens is 1. The Balaban J connectivity index is 1.17. The standard InChI is InChI=1S/C32H30FN5O2S2/c1-3-15-40-28-14-11-22(16-20(28)2)29-27(18-38(37-29)24-7-5-4-6-8-24)25-17-26(25)30(39)34-31-35-36-32(42-31)41-19-21-9-12-23(33)13-10-21/h4-14,16,18,25-26H,3,15,17,19H2,1-2H3,(H,34,35,39). The van der Waals surface area contributed by atoms with Crippen LogP contribution in [0.15, 0.2) is 83.3 Å². The second kappa shape index (κ2) is 12.5. The summed E-state index contributed by atoms with van der Waals surface area (Å²) in [5.74, 6) is 1.07. The van der Waals surface area contributed by atoms with Crippen molar-refractivity contribution in [3.63, 3.8) is 0 Å². The molecule has 0 saturated heterocycles. The summed E-state index contributed by atoms with van der Waals surface area (Å²) in [6.45, 7) is 4.81. The monoisotopic (exact) mass is 599 g/mol. The Morgan fingerprint density at radius 1 is 1.12 bits per heavy atom. The van der Waals surface area contributed by atoms with Crippen LogP contribution in [0.4, 0.5) is 9.52 Å². The van der Waals surface area contributed by atoms with Crippen molar-refractivity contribution in [3.8, 4) is 22.7 Å². The van der Waals surface area contributed by atoms with E-state index in [1.54, 1.807) is 12.1 Å². The van der Waals surface area contributed by atoms with E-state index in [1.165, 1.54) is 35.2 Å². The largest absolute Gasteiger partial charge is 0.493 e. The Morgan fingerprint density at radius 2 is 1.93 bits per heavy atom. The van der Waals surface area contributed by atoms with Crippen LogP contribution in [-0.4, -0.2) is 32.5 Å². The molecule has 0 spiro atoms. The maximum absolute atomic E-state index is 13.2. The van der Waals surface area contributed by atoms with Crippen molar-refractivity contribution in [2.75, 3.05) is 11.9 Å². The SMILES string of the molecule is CCCOc1ccc(-c2nn(-c3ccccc3)cc2C2CC2C(=O)Nc2nnc(SCc3ccc(F)cc3)s2)cc1C. The molecule has 1 aliphatic rings. The molecule has 214 valence electrons. The number of carbonyl (C=O) groups is 1. The summed E-state index contributed by atoms with van der Waals surface area (Å²) in [5, 5.41) is 16.8. The summed E-state index contributed by atoms with van der Waals surface area (Å²) < 4.78 is 21.7.